The second-order valence-corrected chi connectivity index (χ2v) is 5.72. The zero-order valence-electron chi connectivity index (χ0n) is 11.6. The number of phenolic OH excluding ortho intramolecular Hbond substituents is 1. The fraction of sp³-hybridized carbons (Fsp3) is 0.400. The summed E-state index contributed by atoms with van der Waals surface area (Å²) in [5.41, 5.74) is 1.63. The molecule has 0 spiro atoms. The molecule has 0 aromatic heterocycles. The summed E-state index contributed by atoms with van der Waals surface area (Å²) >= 11 is 3.30. The van der Waals surface area contributed by atoms with E-state index in [1.165, 1.54) is 0 Å². The highest BCUT2D eigenvalue weighted by atomic mass is 79.9. The van der Waals surface area contributed by atoms with Crippen LogP contribution in [0.3, 0.4) is 0 Å². The second-order valence-electron chi connectivity index (χ2n) is 4.86. The Morgan fingerprint density at radius 2 is 2.25 bits per heavy atom. The van der Waals surface area contributed by atoms with Gasteiger partial charge in [0.25, 0.3) is 0 Å². The number of aromatic hydroxyl groups is 1. The molecule has 20 heavy (non-hydrogen) atoms. The molecule has 1 aliphatic heterocycles. The van der Waals surface area contributed by atoms with Crippen LogP contribution in [0.1, 0.15) is 18.9 Å². The summed E-state index contributed by atoms with van der Waals surface area (Å²) in [4.78, 5) is 14.0. The minimum absolute atomic E-state index is 0.0843. The number of halogens is 1. The first-order valence-corrected chi connectivity index (χ1v) is 7.38. The molecule has 0 radical (unpaired) electrons. The van der Waals surface area contributed by atoms with E-state index in [-0.39, 0.29) is 11.5 Å². The van der Waals surface area contributed by atoms with Crippen molar-refractivity contribution in [2.24, 2.45) is 0 Å². The average molecular weight is 340 g/mol. The van der Waals surface area contributed by atoms with Crippen molar-refractivity contribution >= 4 is 27.8 Å². The molecule has 4 nitrogen and oxygen atoms in total. The van der Waals surface area contributed by atoms with Crippen LogP contribution in [0, 0.1) is 0 Å². The molecular formula is C15H18BrNO3. The van der Waals surface area contributed by atoms with Crippen LogP contribution in [0.15, 0.2) is 22.2 Å². The number of benzene rings is 1. The lowest BCUT2D eigenvalue weighted by Gasteiger charge is -2.23. The number of piperidine rings is 1. The number of rotatable bonds is 3. The van der Waals surface area contributed by atoms with Gasteiger partial charge in [-0.2, -0.15) is 0 Å². The van der Waals surface area contributed by atoms with Gasteiger partial charge in [-0.3, -0.25) is 4.79 Å². The Labute approximate surface area is 127 Å². The van der Waals surface area contributed by atoms with Crippen LogP contribution >= 0.6 is 15.9 Å². The second kappa shape index (κ2) is 6.41. The largest absolute Gasteiger partial charge is 0.503 e. The van der Waals surface area contributed by atoms with E-state index in [0.29, 0.717) is 29.8 Å². The molecule has 1 aromatic rings. The van der Waals surface area contributed by atoms with Gasteiger partial charge in [-0.15, -0.1) is 0 Å². The van der Waals surface area contributed by atoms with Crippen LogP contribution in [0.5, 0.6) is 11.5 Å². The smallest absolute Gasteiger partial charge is 0.172 e. The number of nitrogens with zero attached hydrogens (tertiary/aromatic N) is 1. The minimum atomic E-state index is 0.0843. The van der Waals surface area contributed by atoms with E-state index in [0.717, 1.165) is 17.7 Å². The molecule has 1 fully saturated rings. The Morgan fingerprint density at radius 1 is 1.50 bits per heavy atom. The standard InChI is InChI=1S/C15H18BrNO3/c1-3-20-14-8-10(7-12(16)15(14)19)6-11-9-17(2)5-4-13(11)18/h6-8,19H,3-5,9H2,1-2H3/b11-6+. The highest BCUT2D eigenvalue weighted by Gasteiger charge is 2.19. The summed E-state index contributed by atoms with van der Waals surface area (Å²) in [5.74, 6) is 0.691. The Bertz CT molecular complexity index is 554. The number of carbonyl (C=O) groups excluding carboxylic acids is 1. The number of ether oxygens (including phenoxy) is 1. The highest BCUT2D eigenvalue weighted by molar-refractivity contribution is 9.10. The fourth-order valence-corrected chi connectivity index (χ4v) is 2.64. The average Bonchev–Trinajstić information content (AvgIpc) is 2.40. The molecule has 0 amide bonds. The predicted molar refractivity (Wildman–Crippen MR) is 82.1 cm³/mol. The third kappa shape index (κ3) is 3.41. The van der Waals surface area contributed by atoms with Gasteiger partial charge >= 0.3 is 0 Å². The van der Waals surface area contributed by atoms with Crippen molar-refractivity contribution in [3.05, 3.63) is 27.7 Å². The van der Waals surface area contributed by atoms with Gasteiger partial charge in [0.2, 0.25) is 0 Å². The van der Waals surface area contributed by atoms with Crippen molar-refractivity contribution in [1.82, 2.24) is 4.90 Å². The van der Waals surface area contributed by atoms with Crippen LogP contribution in [0.4, 0.5) is 0 Å². The van der Waals surface area contributed by atoms with Gasteiger partial charge < -0.3 is 14.7 Å². The maximum Gasteiger partial charge on any atom is 0.172 e. The van der Waals surface area contributed by atoms with E-state index in [1.54, 1.807) is 12.1 Å². The molecule has 0 unspecified atom stereocenters. The van der Waals surface area contributed by atoms with Gasteiger partial charge in [-0.05, 0) is 53.7 Å². The number of likely N-dealkylation sites (N-methyl/N-ethyl adjacent to an activating group) is 1. The molecular weight excluding hydrogens is 322 g/mol. The summed E-state index contributed by atoms with van der Waals surface area (Å²) < 4.78 is 5.95. The van der Waals surface area contributed by atoms with Crippen LogP contribution in [-0.2, 0) is 4.79 Å². The Hall–Kier alpha value is -1.33. The van der Waals surface area contributed by atoms with Crippen molar-refractivity contribution in [3.63, 3.8) is 0 Å². The van der Waals surface area contributed by atoms with E-state index in [1.807, 2.05) is 20.0 Å². The Balaban J connectivity index is 2.35. The van der Waals surface area contributed by atoms with Gasteiger partial charge in [-0.25, -0.2) is 0 Å². The van der Waals surface area contributed by atoms with E-state index in [2.05, 4.69) is 20.8 Å². The first-order valence-electron chi connectivity index (χ1n) is 6.59. The summed E-state index contributed by atoms with van der Waals surface area (Å²) in [7, 11) is 2.00. The van der Waals surface area contributed by atoms with E-state index >= 15 is 0 Å². The molecule has 1 aromatic carbocycles. The zero-order valence-corrected chi connectivity index (χ0v) is 13.2. The third-order valence-corrected chi connectivity index (χ3v) is 3.81. The van der Waals surface area contributed by atoms with E-state index in [4.69, 9.17) is 4.74 Å². The molecule has 1 saturated heterocycles. The number of ketones is 1. The van der Waals surface area contributed by atoms with Crippen molar-refractivity contribution in [1.29, 1.82) is 0 Å². The summed E-state index contributed by atoms with van der Waals surface area (Å²) in [5, 5.41) is 9.89. The Morgan fingerprint density at radius 3 is 2.95 bits per heavy atom. The van der Waals surface area contributed by atoms with Crippen LogP contribution < -0.4 is 4.74 Å². The molecule has 1 N–H and O–H groups in total. The molecule has 1 heterocycles. The topological polar surface area (TPSA) is 49.8 Å². The van der Waals surface area contributed by atoms with Crippen molar-refractivity contribution < 1.29 is 14.6 Å². The van der Waals surface area contributed by atoms with Gasteiger partial charge in [0, 0.05) is 25.1 Å². The quantitative estimate of drug-likeness (QED) is 0.860. The lowest BCUT2D eigenvalue weighted by Crippen LogP contribution is -2.32. The lowest BCUT2D eigenvalue weighted by atomic mass is 10.0. The third-order valence-electron chi connectivity index (χ3n) is 3.21. The van der Waals surface area contributed by atoms with Gasteiger partial charge in [0.15, 0.2) is 17.3 Å². The summed E-state index contributed by atoms with van der Waals surface area (Å²) in [6, 6.07) is 3.53. The van der Waals surface area contributed by atoms with Crippen LogP contribution in [0.25, 0.3) is 6.08 Å². The number of hydrogen-bond donors (Lipinski definition) is 1. The summed E-state index contributed by atoms with van der Waals surface area (Å²) in [6.07, 6.45) is 2.42. The normalized spacial score (nSPS) is 18.6. The molecule has 1 aliphatic rings. The predicted octanol–water partition coefficient (Wildman–Crippen LogP) is 2.84. The molecule has 0 bridgehead atoms. The van der Waals surface area contributed by atoms with Gasteiger partial charge in [-0.1, -0.05) is 0 Å². The van der Waals surface area contributed by atoms with Gasteiger partial charge in [0.05, 0.1) is 11.1 Å². The molecule has 0 aliphatic carbocycles. The molecule has 108 valence electrons. The number of phenols is 1. The van der Waals surface area contributed by atoms with Crippen molar-refractivity contribution in [2.45, 2.75) is 13.3 Å². The number of hydrogen-bond acceptors (Lipinski definition) is 4. The van der Waals surface area contributed by atoms with Gasteiger partial charge in [0.1, 0.15) is 0 Å². The molecule has 2 rings (SSSR count). The first kappa shape index (κ1) is 15.1. The Kier molecular flexibility index (Phi) is 4.83. The molecule has 0 saturated carbocycles. The van der Waals surface area contributed by atoms with E-state index < -0.39 is 0 Å². The monoisotopic (exact) mass is 339 g/mol. The van der Waals surface area contributed by atoms with Crippen LogP contribution in [0.2, 0.25) is 0 Å². The number of Topliss-reactive ketones (excluding diaryl/α,β-unsaturated/α-hetero) is 1. The molecule has 5 heteroatoms. The SMILES string of the molecule is CCOc1cc(/C=C2\CN(C)CCC2=O)cc(Br)c1O. The highest BCUT2D eigenvalue weighted by Crippen LogP contribution is 2.36. The van der Waals surface area contributed by atoms with Crippen molar-refractivity contribution in [2.75, 3.05) is 26.7 Å². The number of likely N-dealkylation sites (tertiary alicyclic amines) is 1. The maximum atomic E-state index is 11.9. The zero-order chi connectivity index (χ0) is 14.7. The lowest BCUT2D eigenvalue weighted by molar-refractivity contribution is -0.117. The van der Waals surface area contributed by atoms with Crippen molar-refractivity contribution in [3.8, 4) is 11.5 Å². The molecule has 0 atom stereocenters. The van der Waals surface area contributed by atoms with Crippen LogP contribution in [-0.4, -0.2) is 42.5 Å². The maximum absolute atomic E-state index is 11.9. The van der Waals surface area contributed by atoms with E-state index in [9.17, 15) is 9.90 Å². The first-order chi connectivity index (χ1) is 9.51. The number of carbonyl (C=O) groups is 1. The minimum Gasteiger partial charge on any atom is -0.503 e. The fourth-order valence-electron chi connectivity index (χ4n) is 2.18. The summed E-state index contributed by atoms with van der Waals surface area (Å²) in [6.45, 7) is 3.79.